The van der Waals surface area contributed by atoms with Gasteiger partial charge in [-0.3, -0.25) is 0 Å². The summed E-state index contributed by atoms with van der Waals surface area (Å²) in [6.45, 7) is 6.23. The zero-order chi connectivity index (χ0) is 11.7. The van der Waals surface area contributed by atoms with Crippen LogP contribution in [0, 0.1) is 13.8 Å². The van der Waals surface area contributed by atoms with Gasteiger partial charge in [0.1, 0.15) is 5.15 Å². The molecule has 0 amide bonds. The number of aryl methyl sites for hydroxylation is 3. The minimum absolute atomic E-state index is 0.670. The minimum atomic E-state index is 0.670. The fraction of sp³-hybridized carbons (Fsp3) is 0.308. The highest BCUT2D eigenvalue weighted by Crippen LogP contribution is 2.21. The summed E-state index contributed by atoms with van der Waals surface area (Å²) < 4.78 is 1.80. The molecule has 0 aliphatic rings. The second kappa shape index (κ2) is 4.30. The van der Waals surface area contributed by atoms with Crippen LogP contribution in [0.2, 0.25) is 5.15 Å². The number of hydrogen-bond donors (Lipinski definition) is 0. The molecule has 0 aliphatic heterocycles. The van der Waals surface area contributed by atoms with Crippen molar-refractivity contribution in [1.82, 2.24) is 9.78 Å². The van der Waals surface area contributed by atoms with Crippen molar-refractivity contribution in [1.29, 1.82) is 0 Å². The predicted octanol–water partition coefficient (Wildman–Crippen LogP) is 3.70. The third-order valence-electron chi connectivity index (χ3n) is 2.66. The van der Waals surface area contributed by atoms with Gasteiger partial charge in [0.05, 0.1) is 11.4 Å². The molecule has 3 heteroatoms. The van der Waals surface area contributed by atoms with E-state index in [1.807, 2.05) is 6.07 Å². The fourth-order valence-electron chi connectivity index (χ4n) is 1.79. The van der Waals surface area contributed by atoms with E-state index in [9.17, 15) is 0 Å². The molecule has 0 radical (unpaired) electrons. The average molecular weight is 235 g/mol. The van der Waals surface area contributed by atoms with Crippen LogP contribution in [-0.4, -0.2) is 9.78 Å². The molecule has 0 unspecified atom stereocenters. The molecule has 1 heterocycles. The molecule has 2 aromatic rings. The molecule has 0 spiro atoms. The molecule has 2 nitrogen and oxygen atoms in total. The van der Waals surface area contributed by atoms with E-state index in [-0.39, 0.29) is 0 Å². The molecule has 1 aromatic heterocycles. The molecule has 0 saturated heterocycles. The second-order valence-electron chi connectivity index (χ2n) is 4.01. The van der Waals surface area contributed by atoms with E-state index < -0.39 is 0 Å². The summed E-state index contributed by atoms with van der Waals surface area (Å²) in [7, 11) is 0. The maximum atomic E-state index is 6.17. The van der Waals surface area contributed by atoms with Gasteiger partial charge in [-0.2, -0.15) is 5.10 Å². The van der Waals surface area contributed by atoms with Crippen LogP contribution in [0.1, 0.15) is 23.7 Å². The van der Waals surface area contributed by atoms with Gasteiger partial charge in [0.2, 0.25) is 0 Å². The molecular formula is C13H15ClN2. The largest absolute Gasteiger partial charge is 0.222 e. The van der Waals surface area contributed by atoms with Crippen molar-refractivity contribution in [2.45, 2.75) is 27.2 Å². The van der Waals surface area contributed by atoms with Gasteiger partial charge in [0.25, 0.3) is 0 Å². The number of benzene rings is 1. The topological polar surface area (TPSA) is 17.8 Å². The van der Waals surface area contributed by atoms with Crippen LogP contribution in [0.4, 0.5) is 0 Å². The Morgan fingerprint density at radius 2 is 2.00 bits per heavy atom. The van der Waals surface area contributed by atoms with Gasteiger partial charge >= 0.3 is 0 Å². The Balaban J connectivity index is 2.53. The predicted molar refractivity (Wildman–Crippen MR) is 67.4 cm³/mol. The van der Waals surface area contributed by atoms with E-state index in [1.54, 1.807) is 4.68 Å². The number of nitrogens with zero attached hydrogens (tertiary/aromatic N) is 2. The van der Waals surface area contributed by atoms with Gasteiger partial charge in [-0.15, -0.1) is 0 Å². The molecule has 0 bridgehead atoms. The molecule has 16 heavy (non-hydrogen) atoms. The SMILES string of the molecule is CCc1cc(Cl)n(-c2ccc(C)cc2C)n1. The molecule has 84 valence electrons. The molecule has 1 aromatic carbocycles. The summed E-state index contributed by atoms with van der Waals surface area (Å²) in [4.78, 5) is 0. The summed E-state index contributed by atoms with van der Waals surface area (Å²) in [6.07, 6.45) is 0.900. The van der Waals surface area contributed by atoms with E-state index in [2.05, 4.69) is 44.1 Å². The summed E-state index contributed by atoms with van der Waals surface area (Å²) in [6, 6.07) is 8.19. The zero-order valence-corrected chi connectivity index (χ0v) is 10.5. The molecule has 2 rings (SSSR count). The van der Waals surface area contributed by atoms with E-state index in [1.165, 1.54) is 11.1 Å². The van der Waals surface area contributed by atoms with Gasteiger partial charge in [-0.25, -0.2) is 4.68 Å². The smallest absolute Gasteiger partial charge is 0.133 e. The van der Waals surface area contributed by atoms with Crippen molar-refractivity contribution in [3.8, 4) is 5.69 Å². The van der Waals surface area contributed by atoms with Crippen molar-refractivity contribution in [2.75, 3.05) is 0 Å². The van der Waals surface area contributed by atoms with E-state index >= 15 is 0 Å². The highest BCUT2D eigenvalue weighted by Gasteiger charge is 2.08. The average Bonchev–Trinajstić information content (AvgIpc) is 2.60. The first kappa shape index (κ1) is 11.2. The Morgan fingerprint density at radius 1 is 1.25 bits per heavy atom. The van der Waals surface area contributed by atoms with Crippen LogP contribution in [0.25, 0.3) is 5.69 Å². The maximum Gasteiger partial charge on any atom is 0.133 e. The van der Waals surface area contributed by atoms with Crippen molar-refractivity contribution >= 4 is 11.6 Å². The lowest BCUT2D eigenvalue weighted by atomic mass is 10.1. The molecule has 0 saturated carbocycles. The van der Waals surface area contributed by atoms with E-state index in [0.29, 0.717) is 5.15 Å². The van der Waals surface area contributed by atoms with Crippen molar-refractivity contribution in [3.63, 3.8) is 0 Å². The van der Waals surface area contributed by atoms with Gasteiger partial charge < -0.3 is 0 Å². The summed E-state index contributed by atoms with van der Waals surface area (Å²) >= 11 is 6.17. The van der Waals surface area contributed by atoms with Crippen LogP contribution in [0.3, 0.4) is 0 Å². The summed E-state index contributed by atoms with van der Waals surface area (Å²) in [5.41, 5.74) is 4.51. The second-order valence-corrected chi connectivity index (χ2v) is 4.40. The molecule has 0 atom stereocenters. The number of aromatic nitrogens is 2. The quantitative estimate of drug-likeness (QED) is 0.775. The van der Waals surface area contributed by atoms with Gasteiger partial charge in [-0.05, 0) is 38.0 Å². The third kappa shape index (κ3) is 1.98. The Labute approximate surface area is 101 Å². The zero-order valence-electron chi connectivity index (χ0n) is 9.79. The summed E-state index contributed by atoms with van der Waals surface area (Å²) in [5.74, 6) is 0. The van der Waals surface area contributed by atoms with Gasteiger partial charge in [0.15, 0.2) is 0 Å². The number of rotatable bonds is 2. The first-order chi connectivity index (χ1) is 7.61. The minimum Gasteiger partial charge on any atom is -0.222 e. The molecule has 0 fully saturated rings. The maximum absolute atomic E-state index is 6.17. The van der Waals surface area contributed by atoms with Crippen LogP contribution in [0.15, 0.2) is 24.3 Å². The molecular weight excluding hydrogens is 220 g/mol. The van der Waals surface area contributed by atoms with Crippen LogP contribution < -0.4 is 0 Å². The number of halogens is 1. The number of hydrogen-bond acceptors (Lipinski definition) is 1. The Hall–Kier alpha value is -1.28. The fourth-order valence-corrected chi connectivity index (χ4v) is 2.04. The lowest BCUT2D eigenvalue weighted by Crippen LogP contribution is -2.00. The highest BCUT2D eigenvalue weighted by atomic mass is 35.5. The lowest BCUT2D eigenvalue weighted by Gasteiger charge is -2.07. The first-order valence-electron chi connectivity index (χ1n) is 5.44. The van der Waals surface area contributed by atoms with Crippen LogP contribution in [-0.2, 0) is 6.42 Å². The molecule has 0 aliphatic carbocycles. The van der Waals surface area contributed by atoms with Crippen molar-refractivity contribution < 1.29 is 0 Å². The Morgan fingerprint density at radius 3 is 2.56 bits per heavy atom. The van der Waals surface area contributed by atoms with E-state index in [0.717, 1.165) is 17.8 Å². The Kier molecular flexibility index (Phi) is 3.01. The highest BCUT2D eigenvalue weighted by molar-refractivity contribution is 6.29. The third-order valence-corrected chi connectivity index (χ3v) is 2.93. The molecule has 0 N–H and O–H groups in total. The van der Waals surface area contributed by atoms with Crippen molar-refractivity contribution in [3.05, 3.63) is 46.2 Å². The monoisotopic (exact) mass is 234 g/mol. The Bertz CT molecular complexity index is 515. The van der Waals surface area contributed by atoms with Gasteiger partial charge in [0, 0.05) is 0 Å². The summed E-state index contributed by atoms with van der Waals surface area (Å²) in [5, 5.41) is 5.14. The lowest BCUT2D eigenvalue weighted by molar-refractivity contribution is 0.836. The normalized spacial score (nSPS) is 10.8. The standard InChI is InChI=1S/C13H15ClN2/c1-4-11-8-13(14)16(15-11)12-6-5-9(2)7-10(12)3/h5-8H,4H2,1-3H3. The van der Waals surface area contributed by atoms with Crippen LogP contribution >= 0.6 is 11.6 Å². The van der Waals surface area contributed by atoms with Crippen LogP contribution in [0.5, 0.6) is 0 Å². The van der Waals surface area contributed by atoms with E-state index in [4.69, 9.17) is 11.6 Å². The first-order valence-corrected chi connectivity index (χ1v) is 5.81. The van der Waals surface area contributed by atoms with Crippen molar-refractivity contribution in [2.24, 2.45) is 0 Å². The van der Waals surface area contributed by atoms with Gasteiger partial charge in [-0.1, -0.05) is 36.2 Å².